The molecule has 9 heteroatoms. The van der Waals surface area contributed by atoms with E-state index < -0.39 is 22.5 Å². The molecule has 0 aromatic heterocycles. The van der Waals surface area contributed by atoms with Crippen LogP contribution < -0.4 is 9.62 Å². The van der Waals surface area contributed by atoms with Gasteiger partial charge in [-0.1, -0.05) is 53.0 Å². The van der Waals surface area contributed by atoms with Gasteiger partial charge in [0.2, 0.25) is 5.91 Å². The molecule has 0 fully saturated rings. The average molecular weight is 484 g/mol. The number of hydrogen-bond donors (Lipinski definition) is 1. The van der Waals surface area contributed by atoms with Crippen LogP contribution in [0, 0.1) is 6.92 Å². The number of rotatable bonds is 6. The lowest BCUT2D eigenvalue weighted by molar-refractivity contribution is -0.114. The number of amides is 1. The molecule has 0 aliphatic carbocycles. The molecule has 0 bridgehead atoms. The first-order chi connectivity index (χ1) is 14.2. The van der Waals surface area contributed by atoms with E-state index in [1.165, 1.54) is 24.3 Å². The summed E-state index contributed by atoms with van der Waals surface area (Å²) < 4.78 is 27.7. The normalized spacial score (nSPS) is 11.2. The molecule has 30 heavy (non-hydrogen) atoms. The second-order valence-electron chi connectivity index (χ2n) is 6.45. The Bertz CT molecular complexity index is 1160. The molecule has 0 saturated heterocycles. The first-order valence-electron chi connectivity index (χ1n) is 8.77. The summed E-state index contributed by atoms with van der Waals surface area (Å²) in [5, 5.41) is 3.50. The minimum Gasteiger partial charge on any atom is -0.322 e. The van der Waals surface area contributed by atoms with E-state index in [1.54, 1.807) is 36.4 Å². The van der Waals surface area contributed by atoms with Crippen molar-refractivity contribution in [3.05, 3.63) is 87.4 Å². The molecule has 0 atom stereocenters. The van der Waals surface area contributed by atoms with E-state index in [-0.39, 0.29) is 20.6 Å². The molecule has 0 aliphatic heterocycles. The van der Waals surface area contributed by atoms with Crippen molar-refractivity contribution in [3.63, 3.8) is 0 Å². The molecule has 0 heterocycles. The molecule has 0 unspecified atom stereocenters. The first kappa shape index (κ1) is 22.4. The Balaban J connectivity index is 1.98. The lowest BCUT2D eigenvalue weighted by Gasteiger charge is -2.24. The fraction of sp³-hybridized carbons (Fsp3) is 0.0952. The van der Waals surface area contributed by atoms with Gasteiger partial charge in [0, 0.05) is 5.02 Å². The zero-order valence-corrected chi connectivity index (χ0v) is 18.9. The minimum atomic E-state index is -4.05. The lowest BCUT2D eigenvalue weighted by Crippen LogP contribution is -2.38. The van der Waals surface area contributed by atoms with E-state index in [4.69, 9.17) is 34.8 Å². The maximum Gasteiger partial charge on any atom is 0.264 e. The van der Waals surface area contributed by atoms with Crippen molar-refractivity contribution in [1.29, 1.82) is 0 Å². The van der Waals surface area contributed by atoms with Crippen LogP contribution >= 0.6 is 34.8 Å². The van der Waals surface area contributed by atoms with Gasteiger partial charge in [0.15, 0.2) is 0 Å². The van der Waals surface area contributed by atoms with Crippen LogP contribution in [0.25, 0.3) is 0 Å². The number of sulfonamides is 1. The van der Waals surface area contributed by atoms with Crippen molar-refractivity contribution < 1.29 is 13.2 Å². The number of carbonyl (C=O) groups excluding carboxylic acids is 1. The molecule has 0 saturated carbocycles. The summed E-state index contributed by atoms with van der Waals surface area (Å²) in [6, 6.07) is 17.4. The number of anilines is 2. The first-order valence-corrected chi connectivity index (χ1v) is 11.3. The standard InChI is InChI=1S/C21H17Cl3N2O3S/c1-14-4-2-5-16(12-14)26(30(28,29)17-10-8-15(22)9-11-17)13-20(27)25-21-18(23)6-3-7-19(21)24/h2-12H,13H2,1H3,(H,25,27). The van der Waals surface area contributed by atoms with Crippen LogP contribution in [0.2, 0.25) is 15.1 Å². The summed E-state index contributed by atoms with van der Waals surface area (Å²) >= 11 is 18.1. The summed E-state index contributed by atoms with van der Waals surface area (Å²) in [5.41, 5.74) is 1.42. The molecule has 1 amide bonds. The van der Waals surface area contributed by atoms with Crippen molar-refractivity contribution in [1.82, 2.24) is 0 Å². The van der Waals surface area contributed by atoms with Crippen LogP contribution in [-0.2, 0) is 14.8 Å². The summed E-state index contributed by atoms with van der Waals surface area (Å²) in [5.74, 6) is -0.593. The summed E-state index contributed by atoms with van der Waals surface area (Å²) in [6.45, 7) is 1.36. The van der Waals surface area contributed by atoms with Crippen LogP contribution in [0.1, 0.15) is 5.56 Å². The molecule has 1 N–H and O–H groups in total. The van der Waals surface area contributed by atoms with Crippen molar-refractivity contribution in [2.24, 2.45) is 0 Å². The molecule has 3 aromatic carbocycles. The maximum absolute atomic E-state index is 13.3. The van der Waals surface area contributed by atoms with Crippen LogP contribution in [-0.4, -0.2) is 20.9 Å². The number of halogens is 3. The average Bonchev–Trinajstić information content (AvgIpc) is 2.69. The zero-order chi connectivity index (χ0) is 21.9. The molecule has 156 valence electrons. The van der Waals surface area contributed by atoms with Gasteiger partial charge in [0.1, 0.15) is 6.54 Å². The third kappa shape index (κ3) is 5.08. The second-order valence-corrected chi connectivity index (χ2v) is 9.56. The van der Waals surface area contributed by atoms with Gasteiger partial charge >= 0.3 is 0 Å². The number of nitrogens with zero attached hydrogens (tertiary/aromatic N) is 1. The number of aryl methyl sites for hydroxylation is 1. The van der Waals surface area contributed by atoms with Gasteiger partial charge in [-0.2, -0.15) is 0 Å². The van der Waals surface area contributed by atoms with Gasteiger partial charge in [0.25, 0.3) is 10.0 Å². The van der Waals surface area contributed by atoms with E-state index in [9.17, 15) is 13.2 Å². The van der Waals surface area contributed by atoms with Gasteiger partial charge < -0.3 is 5.32 Å². The molecule has 0 radical (unpaired) electrons. The SMILES string of the molecule is Cc1cccc(N(CC(=O)Nc2c(Cl)cccc2Cl)S(=O)(=O)c2ccc(Cl)cc2)c1. The van der Waals surface area contributed by atoms with Crippen LogP contribution in [0.4, 0.5) is 11.4 Å². The van der Waals surface area contributed by atoms with Crippen LogP contribution in [0.15, 0.2) is 71.6 Å². The topological polar surface area (TPSA) is 66.5 Å². The number of para-hydroxylation sites is 1. The Morgan fingerprint density at radius 2 is 1.53 bits per heavy atom. The largest absolute Gasteiger partial charge is 0.322 e. The van der Waals surface area contributed by atoms with E-state index >= 15 is 0 Å². The van der Waals surface area contributed by atoms with E-state index in [0.29, 0.717) is 10.7 Å². The highest BCUT2D eigenvalue weighted by Gasteiger charge is 2.27. The molecule has 3 aromatic rings. The summed E-state index contributed by atoms with van der Waals surface area (Å²) in [6.07, 6.45) is 0. The third-order valence-electron chi connectivity index (χ3n) is 4.21. The van der Waals surface area contributed by atoms with Crippen molar-refractivity contribution in [2.75, 3.05) is 16.2 Å². The summed E-state index contributed by atoms with van der Waals surface area (Å²) in [7, 11) is -4.05. The molecule has 0 aliphatic rings. The highest BCUT2D eigenvalue weighted by molar-refractivity contribution is 7.92. The van der Waals surface area contributed by atoms with Crippen molar-refractivity contribution in [2.45, 2.75) is 11.8 Å². The second kappa shape index (κ2) is 9.27. The Kier molecular flexibility index (Phi) is 6.93. The Morgan fingerprint density at radius 1 is 0.933 bits per heavy atom. The smallest absolute Gasteiger partial charge is 0.264 e. The number of benzene rings is 3. The van der Waals surface area contributed by atoms with Gasteiger partial charge in [0.05, 0.1) is 26.3 Å². The quantitative estimate of drug-likeness (QED) is 0.482. The molecule has 3 rings (SSSR count). The van der Waals surface area contributed by atoms with E-state index in [1.807, 2.05) is 13.0 Å². The zero-order valence-electron chi connectivity index (χ0n) is 15.8. The Labute approximate surface area is 190 Å². The fourth-order valence-electron chi connectivity index (χ4n) is 2.76. The van der Waals surface area contributed by atoms with Gasteiger partial charge in [-0.25, -0.2) is 8.42 Å². The van der Waals surface area contributed by atoms with Crippen molar-refractivity contribution in [3.8, 4) is 0 Å². The highest BCUT2D eigenvalue weighted by atomic mass is 35.5. The summed E-state index contributed by atoms with van der Waals surface area (Å²) in [4.78, 5) is 12.8. The Morgan fingerprint density at radius 3 is 2.13 bits per heavy atom. The number of nitrogens with one attached hydrogen (secondary N) is 1. The van der Waals surface area contributed by atoms with Crippen LogP contribution in [0.5, 0.6) is 0 Å². The molecule has 5 nitrogen and oxygen atoms in total. The number of carbonyl (C=O) groups is 1. The van der Waals surface area contributed by atoms with E-state index in [2.05, 4.69) is 5.32 Å². The molecule has 0 spiro atoms. The van der Waals surface area contributed by atoms with Gasteiger partial charge in [-0.3, -0.25) is 9.10 Å². The maximum atomic E-state index is 13.3. The minimum absolute atomic E-state index is 0.0111. The van der Waals surface area contributed by atoms with Crippen LogP contribution in [0.3, 0.4) is 0 Å². The van der Waals surface area contributed by atoms with Gasteiger partial charge in [-0.15, -0.1) is 0 Å². The van der Waals surface area contributed by atoms with Crippen molar-refractivity contribution >= 4 is 62.1 Å². The predicted octanol–water partition coefficient (Wildman–Crippen LogP) is 5.79. The fourth-order valence-corrected chi connectivity index (χ4v) is 4.79. The predicted molar refractivity (Wildman–Crippen MR) is 122 cm³/mol. The number of hydrogen-bond acceptors (Lipinski definition) is 3. The Hall–Kier alpha value is -2.25. The molecular weight excluding hydrogens is 467 g/mol. The lowest BCUT2D eigenvalue weighted by atomic mass is 10.2. The van der Waals surface area contributed by atoms with Gasteiger partial charge in [-0.05, 0) is 61.0 Å². The van der Waals surface area contributed by atoms with E-state index in [0.717, 1.165) is 9.87 Å². The monoisotopic (exact) mass is 482 g/mol. The highest BCUT2D eigenvalue weighted by Crippen LogP contribution is 2.30. The molecular formula is C21H17Cl3N2O3S. The third-order valence-corrected chi connectivity index (χ3v) is 6.88.